The Morgan fingerprint density at radius 3 is 2.09 bits per heavy atom. The molecule has 1 N–H and O–H groups in total. The quantitative estimate of drug-likeness (QED) is 0.297. The van der Waals surface area contributed by atoms with Gasteiger partial charge in [0.2, 0.25) is 0 Å². The summed E-state index contributed by atoms with van der Waals surface area (Å²) in [6.45, 7) is 1.93. The zero-order chi connectivity index (χ0) is 21.8. The molecule has 156 valence electrons. The van der Waals surface area contributed by atoms with Crippen LogP contribution in [-0.2, 0) is 0 Å². The minimum Gasteiger partial charge on any atom is -0.354 e. The smallest absolute Gasteiger partial charge is 0.190 e. The lowest BCUT2D eigenvalue weighted by molar-refractivity contribution is 0.427. The van der Waals surface area contributed by atoms with E-state index in [9.17, 15) is 0 Å². The number of hydrogen-bond acceptors (Lipinski definition) is 5. The van der Waals surface area contributed by atoms with Gasteiger partial charge in [-0.3, -0.25) is 0 Å². The molecule has 0 aliphatic rings. The fourth-order valence-electron chi connectivity index (χ4n) is 3.44. The minimum absolute atomic E-state index is 0.699. The van der Waals surface area contributed by atoms with Crippen LogP contribution in [0.4, 0.5) is 11.5 Å². The van der Waals surface area contributed by atoms with Crippen molar-refractivity contribution in [3.63, 3.8) is 0 Å². The van der Waals surface area contributed by atoms with E-state index in [0.717, 1.165) is 38.2 Å². The third-order valence-corrected chi connectivity index (χ3v) is 6.00. The van der Waals surface area contributed by atoms with Gasteiger partial charge in [-0.05, 0) is 42.3 Å². The average molecular weight is 436 g/mol. The predicted molar refractivity (Wildman–Crippen MR) is 130 cm³/mol. The summed E-state index contributed by atoms with van der Waals surface area (Å²) >= 11 is 1.63. The summed E-state index contributed by atoms with van der Waals surface area (Å²) < 4.78 is 5.68. The molecule has 3 aromatic carbocycles. The summed E-state index contributed by atoms with van der Waals surface area (Å²) in [5.41, 5.74) is 4.92. The third kappa shape index (κ3) is 4.43. The Kier molecular flexibility index (Phi) is 5.73. The van der Waals surface area contributed by atoms with Gasteiger partial charge < -0.3 is 9.84 Å². The van der Waals surface area contributed by atoms with E-state index in [4.69, 9.17) is 9.51 Å². The number of aromatic nitrogens is 2. The Morgan fingerprint density at radius 2 is 1.34 bits per heavy atom. The highest BCUT2D eigenvalue weighted by molar-refractivity contribution is 7.99. The lowest BCUT2D eigenvalue weighted by Crippen LogP contribution is -1.96. The Bertz CT molecular complexity index is 1320. The topological polar surface area (TPSA) is 51.0 Å². The molecule has 32 heavy (non-hydrogen) atoms. The molecule has 0 spiro atoms. The van der Waals surface area contributed by atoms with Crippen LogP contribution < -0.4 is 5.32 Å². The van der Waals surface area contributed by atoms with E-state index in [-0.39, 0.29) is 0 Å². The second-order valence-corrected chi connectivity index (χ2v) is 8.41. The van der Waals surface area contributed by atoms with Gasteiger partial charge in [0.1, 0.15) is 22.2 Å². The molecule has 0 amide bonds. The molecule has 0 saturated carbocycles. The third-order valence-electron chi connectivity index (χ3n) is 5.06. The molecular weight excluding hydrogens is 414 g/mol. The average Bonchev–Trinajstić information content (AvgIpc) is 3.20. The van der Waals surface area contributed by atoms with E-state index in [1.54, 1.807) is 11.8 Å². The van der Waals surface area contributed by atoms with Crippen molar-refractivity contribution < 1.29 is 4.52 Å². The van der Waals surface area contributed by atoms with Crippen LogP contribution in [0.15, 0.2) is 118 Å². The number of pyridine rings is 1. The SMILES string of the molecule is Cc1noc(-c2ccc(-c3ccccc3)cc2)c1Nc1cccc(Sc2ccccc2)n1. The van der Waals surface area contributed by atoms with E-state index in [0.29, 0.717) is 5.76 Å². The zero-order valence-corrected chi connectivity index (χ0v) is 18.3. The van der Waals surface area contributed by atoms with Crippen molar-refractivity contribution in [3.05, 3.63) is 109 Å². The molecule has 5 rings (SSSR count). The van der Waals surface area contributed by atoms with Gasteiger partial charge in [-0.2, -0.15) is 0 Å². The number of anilines is 2. The minimum atomic E-state index is 0.699. The van der Waals surface area contributed by atoms with Crippen molar-refractivity contribution in [2.45, 2.75) is 16.8 Å². The number of aryl methyl sites for hydroxylation is 1. The van der Waals surface area contributed by atoms with Crippen molar-refractivity contribution in [2.75, 3.05) is 5.32 Å². The number of nitrogens with zero attached hydrogens (tertiary/aromatic N) is 2. The summed E-state index contributed by atoms with van der Waals surface area (Å²) in [6.07, 6.45) is 0. The highest BCUT2D eigenvalue weighted by atomic mass is 32.2. The monoisotopic (exact) mass is 435 g/mol. The summed E-state index contributed by atoms with van der Waals surface area (Å²) in [5, 5.41) is 8.52. The van der Waals surface area contributed by atoms with E-state index in [1.807, 2.05) is 61.5 Å². The number of nitrogens with one attached hydrogen (secondary N) is 1. The van der Waals surface area contributed by atoms with Gasteiger partial charge in [-0.15, -0.1) is 0 Å². The maximum atomic E-state index is 5.68. The largest absolute Gasteiger partial charge is 0.354 e. The van der Waals surface area contributed by atoms with Gasteiger partial charge in [0, 0.05) is 10.5 Å². The number of benzene rings is 3. The fourth-order valence-corrected chi connectivity index (χ4v) is 4.26. The normalized spacial score (nSPS) is 10.8. The van der Waals surface area contributed by atoms with Crippen LogP contribution in [0.1, 0.15) is 5.69 Å². The molecule has 0 radical (unpaired) electrons. The van der Waals surface area contributed by atoms with Gasteiger partial charge >= 0.3 is 0 Å². The van der Waals surface area contributed by atoms with Gasteiger partial charge in [-0.25, -0.2) is 4.98 Å². The predicted octanol–water partition coefficient (Wildman–Crippen LogP) is 7.61. The van der Waals surface area contributed by atoms with Gasteiger partial charge in [0.25, 0.3) is 0 Å². The molecule has 0 aliphatic carbocycles. The molecule has 2 aromatic heterocycles. The van der Waals surface area contributed by atoms with Crippen molar-refractivity contribution in [3.8, 4) is 22.5 Å². The number of hydrogen-bond donors (Lipinski definition) is 1. The van der Waals surface area contributed by atoms with E-state index < -0.39 is 0 Å². The Labute approximate surface area is 191 Å². The maximum absolute atomic E-state index is 5.68. The Hall–Kier alpha value is -3.83. The Morgan fingerprint density at radius 1 is 0.688 bits per heavy atom. The van der Waals surface area contributed by atoms with Crippen LogP contribution in [0.25, 0.3) is 22.5 Å². The van der Waals surface area contributed by atoms with Crippen LogP contribution >= 0.6 is 11.8 Å². The molecule has 0 fully saturated rings. The van der Waals surface area contributed by atoms with E-state index >= 15 is 0 Å². The van der Waals surface area contributed by atoms with Crippen molar-refractivity contribution in [2.24, 2.45) is 0 Å². The molecule has 0 saturated heterocycles. The lowest BCUT2D eigenvalue weighted by Gasteiger charge is -2.09. The van der Waals surface area contributed by atoms with E-state index in [2.05, 4.69) is 59.0 Å². The first-order valence-electron chi connectivity index (χ1n) is 10.4. The fraction of sp³-hybridized carbons (Fsp3) is 0.0370. The zero-order valence-electron chi connectivity index (χ0n) is 17.5. The maximum Gasteiger partial charge on any atom is 0.190 e. The lowest BCUT2D eigenvalue weighted by atomic mass is 10.0. The van der Waals surface area contributed by atoms with Crippen LogP contribution in [0, 0.1) is 6.92 Å². The summed E-state index contributed by atoms with van der Waals surface area (Å²) in [4.78, 5) is 5.91. The van der Waals surface area contributed by atoms with Crippen LogP contribution in [0.5, 0.6) is 0 Å². The highest BCUT2D eigenvalue weighted by Gasteiger charge is 2.16. The molecule has 0 atom stereocenters. The molecule has 0 unspecified atom stereocenters. The van der Waals surface area contributed by atoms with Crippen molar-refractivity contribution in [1.29, 1.82) is 0 Å². The molecule has 0 bridgehead atoms. The van der Waals surface area contributed by atoms with Gasteiger partial charge in [-0.1, -0.05) is 95.8 Å². The second kappa shape index (κ2) is 9.12. The van der Waals surface area contributed by atoms with Crippen molar-refractivity contribution in [1.82, 2.24) is 10.1 Å². The summed E-state index contributed by atoms with van der Waals surface area (Å²) in [5.74, 6) is 1.45. The first-order valence-corrected chi connectivity index (χ1v) is 11.2. The number of rotatable bonds is 6. The molecule has 4 nitrogen and oxygen atoms in total. The molecule has 0 aliphatic heterocycles. The summed E-state index contributed by atoms with van der Waals surface area (Å²) in [6, 6.07) is 34.8. The van der Waals surface area contributed by atoms with Crippen LogP contribution in [0.3, 0.4) is 0 Å². The molecule has 5 aromatic rings. The molecule has 2 heterocycles. The highest BCUT2D eigenvalue weighted by Crippen LogP contribution is 2.35. The van der Waals surface area contributed by atoms with Gasteiger partial charge in [0.05, 0.1) is 0 Å². The first kappa shape index (κ1) is 20.1. The standard InChI is InChI=1S/C27H21N3OS/c1-19-26(29-24-13-8-14-25(28-24)32-23-11-6-3-7-12-23)27(31-30-19)22-17-15-21(16-18-22)20-9-4-2-5-10-20/h2-18H,1H3,(H,28,29). The second-order valence-electron chi connectivity index (χ2n) is 7.32. The van der Waals surface area contributed by atoms with Crippen LogP contribution in [-0.4, -0.2) is 10.1 Å². The van der Waals surface area contributed by atoms with Gasteiger partial charge in [0.15, 0.2) is 5.76 Å². The Balaban J connectivity index is 1.39. The molecular formula is C27H21N3OS. The first-order chi connectivity index (χ1) is 15.8. The van der Waals surface area contributed by atoms with E-state index in [1.165, 1.54) is 5.56 Å². The van der Waals surface area contributed by atoms with Crippen LogP contribution in [0.2, 0.25) is 0 Å². The molecule has 5 heteroatoms. The van der Waals surface area contributed by atoms with Crippen molar-refractivity contribution >= 4 is 23.3 Å². The summed E-state index contributed by atoms with van der Waals surface area (Å²) in [7, 11) is 0.